The maximum Gasteiger partial charge on any atom is 0.348 e. The van der Waals surface area contributed by atoms with Crippen molar-refractivity contribution >= 4 is 41.2 Å². The van der Waals surface area contributed by atoms with Crippen molar-refractivity contribution < 1.29 is 9.53 Å². The predicted octanol–water partition coefficient (Wildman–Crippen LogP) is 7.58. The molecule has 0 amide bonds. The summed E-state index contributed by atoms with van der Waals surface area (Å²) >= 11 is 1.54. The van der Waals surface area contributed by atoms with Gasteiger partial charge in [-0.15, -0.1) is 11.3 Å². The monoisotopic (exact) mass is 464 g/mol. The minimum Gasteiger partial charge on any atom is -0.462 e. The Kier molecular flexibility index (Phi) is 12.1. The summed E-state index contributed by atoms with van der Waals surface area (Å²) in [6, 6.07) is 14.6. The van der Waals surface area contributed by atoms with E-state index in [1.807, 2.05) is 25.1 Å². The first-order valence-electron chi connectivity index (χ1n) is 12.0. The first-order chi connectivity index (χ1) is 16.1. The summed E-state index contributed by atoms with van der Waals surface area (Å²) in [5.41, 5.74) is 2.47. The van der Waals surface area contributed by atoms with E-state index in [1.165, 1.54) is 42.7 Å². The standard InChI is InChI=1S/C28H36N2O2S/c1-4-7-18-30(19-8-5-2)25-13-10-23(11-14-25)12-15-26-16-17-27(33-26)21-24(22-29)28(31)32-20-9-6-3/h10-17,21H,4-9,18-20H2,1-3H3/b15-12+,24-21?. The van der Waals surface area contributed by atoms with Crippen molar-refractivity contribution in [2.75, 3.05) is 24.6 Å². The molecule has 176 valence electrons. The number of anilines is 1. The van der Waals surface area contributed by atoms with Crippen LogP contribution in [0.2, 0.25) is 0 Å². The largest absolute Gasteiger partial charge is 0.462 e. The molecule has 1 heterocycles. The third-order valence-corrected chi connectivity index (χ3v) is 6.26. The van der Waals surface area contributed by atoms with Gasteiger partial charge in [0.1, 0.15) is 11.6 Å². The number of unbranched alkanes of at least 4 members (excludes halogenated alkanes) is 3. The number of esters is 1. The van der Waals surface area contributed by atoms with E-state index < -0.39 is 5.97 Å². The van der Waals surface area contributed by atoms with Gasteiger partial charge < -0.3 is 9.64 Å². The summed E-state index contributed by atoms with van der Waals surface area (Å²) in [5.74, 6) is -0.552. The fraction of sp³-hybridized carbons (Fsp3) is 0.429. The second-order valence-electron chi connectivity index (χ2n) is 8.02. The molecule has 0 radical (unpaired) electrons. The Hall–Kier alpha value is -2.84. The van der Waals surface area contributed by atoms with Gasteiger partial charge in [0.05, 0.1) is 6.61 Å². The molecule has 0 atom stereocenters. The maximum absolute atomic E-state index is 12.0. The van der Waals surface area contributed by atoms with Gasteiger partial charge in [-0.25, -0.2) is 4.79 Å². The Morgan fingerprint density at radius 2 is 1.58 bits per heavy atom. The van der Waals surface area contributed by atoms with Crippen molar-refractivity contribution in [2.45, 2.75) is 59.3 Å². The van der Waals surface area contributed by atoms with E-state index >= 15 is 0 Å². The fourth-order valence-electron chi connectivity index (χ4n) is 3.24. The van der Waals surface area contributed by atoms with E-state index in [1.54, 1.807) is 6.08 Å². The van der Waals surface area contributed by atoms with Crippen LogP contribution in [0.1, 0.15) is 74.6 Å². The number of hydrogen-bond acceptors (Lipinski definition) is 5. The molecular formula is C28H36N2O2S. The predicted molar refractivity (Wildman–Crippen MR) is 141 cm³/mol. The zero-order chi connectivity index (χ0) is 23.9. The molecule has 1 aromatic heterocycles. The number of nitrogens with zero attached hydrogens (tertiary/aromatic N) is 2. The summed E-state index contributed by atoms with van der Waals surface area (Å²) < 4.78 is 5.15. The molecule has 4 nitrogen and oxygen atoms in total. The first-order valence-corrected chi connectivity index (χ1v) is 12.8. The lowest BCUT2D eigenvalue weighted by Gasteiger charge is -2.24. The molecule has 0 saturated heterocycles. The van der Waals surface area contributed by atoms with Crippen LogP contribution in [0.15, 0.2) is 42.0 Å². The van der Waals surface area contributed by atoms with E-state index in [0.717, 1.165) is 41.2 Å². The van der Waals surface area contributed by atoms with Gasteiger partial charge in [0.15, 0.2) is 0 Å². The highest BCUT2D eigenvalue weighted by Crippen LogP contribution is 2.23. The number of nitriles is 1. The van der Waals surface area contributed by atoms with E-state index in [0.29, 0.717) is 6.61 Å². The molecule has 33 heavy (non-hydrogen) atoms. The summed E-state index contributed by atoms with van der Waals surface area (Å²) in [7, 11) is 0. The average Bonchev–Trinajstić information content (AvgIpc) is 3.29. The topological polar surface area (TPSA) is 53.3 Å². The molecule has 1 aromatic carbocycles. The lowest BCUT2D eigenvalue weighted by Crippen LogP contribution is -2.25. The summed E-state index contributed by atoms with van der Waals surface area (Å²) in [6.07, 6.45) is 12.3. The molecule has 0 N–H and O–H groups in total. The fourth-order valence-corrected chi connectivity index (χ4v) is 4.10. The molecule has 0 aliphatic rings. The number of carbonyl (C=O) groups excluding carboxylic acids is 1. The lowest BCUT2D eigenvalue weighted by molar-refractivity contribution is -0.138. The molecule has 5 heteroatoms. The molecule has 0 saturated carbocycles. The number of carbonyl (C=O) groups is 1. The summed E-state index contributed by atoms with van der Waals surface area (Å²) in [6.45, 7) is 9.05. The van der Waals surface area contributed by atoms with Gasteiger partial charge in [0.2, 0.25) is 0 Å². The second-order valence-corrected chi connectivity index (χ2v) is 9.17. The van der Waals surface area contributed by atoms with Crippen molar-refractivity contribution in [2.24, 2.45) is 0 Å². The van der Waals surface area contributed by atoms with Crippen LogP contribution in [-0.2, 0) is 9.53 Å². The number of thiophene rings is 1. The van der Waals surface area contributed by atoms with Crippen LogP contribution in [0.25, 0.3) is 18.2 Å². The normalized spacial score (nSPS) is 11.5. The molecular weight excluding hydrogens is 428 g/mol. The minimum absolute atomic E-state index is 0.0368. The quantitative estimate of drug-likeness (QED) is 0.125. The highest BCUT2D eigenvalue weighted by Gasteiger charge is 2.11. The Balaban J connectivity index is 2.02. The van der Waals surface area contributed by atoms with Crippen LogP contribution in [0.5, 0.6) is 0 Å². The molecule has 0 bridgehead atoms. The van der Waals surface area contributed by atoms with E-state index in [2.05, 4.69) is 55.2 Å². The van der Waals surface area contributed by atoms with Gasteiger partial charge in [-0.1, -0.05) is 58.2 Å². The highest BCUT2D eigenvalue weighted by atomic mass is 32.1. The van der Waals surface area contributed by atoms with Gasteiger partial charge in [-0.05, 0) is 61.2 Å². The van der Waals surface area contributed by atoms with Crippen LogP contribution in [0.4, 0.5) is 5.69 Å². The van der Waals surface area contributed by atoms with E-state index in [4.69, 9.17) is 4.74 Å². The second kappa shape index (κ2) is 15.1. The zero-order valence-corrected chi connectivity index (χ0v) is 21.0. The highest BCUT2D eigenvalue weighted by molar-refractivity contribution is 7.13. The third-order valence-electron chi connectivity index (χ3n) is 5.27. The maximum atomic E-state index is 12.0. The van der Waals surface area contributed by atoms with Crippen LogP contribution < -0.4 is 4.90 Å². The molecule has 2 aromatic rings. The Labute approximate surface area is 203 Å². The SMILES string of the molecule is CCCCOC(=O)C(C#N)=Cc1ccc(/C=C/c2ccc(N(CCCC)CCCC)cc2)s1. The van der Waals surface area contributed by atoms with Gasteiger partial charge in [0.25, 0.3) is 0 Å². The van der Waals surface area contributed by atoms with Crippen LogP contribution >= 0.6 is 11.3 Å². The molecule has 0 fully saturated rings. The van der Waals surface area contributed by atoms with Crippen molar-refractivity contribution in [3.8, 4) is 6.07 Å². The van der Waals surface area contributed by atoms with Crippen molar-refractivity contribution in [3.63, 3.8) is 0 Å². The van der Waals surface area contributed by atoms with Gasteiger partial charge in [-0.3, -0.25) is 0 Å². The van der Waals surface area contributed by atoms with E-state index in [-0.39, 0.29) is 5.57 Å². The number of ether oxygens (including phenoxy) is 1. The minimum atomic E-state index is -0.552. The zero-order valence-electron chi connectivity index (χ0n) is 20.2. The lowest BCUT2D eigenvalue weighted by atomic mass is 10.1. The number of hydrogen-bond donors (Lipinski definition) is 0. The number of rotatable bonds is 14. The Bertz CT molecular complexity index is 943. The summed E-state index contributed by atoms with van der Waals surface area (Å²) in [4.78, 5) is 16.4. The average molecular weight is 465 g/mol. The molecule has 0 aliphatic heterocycles. The smallest absolute Gasteiger partial charge is 0.348 e. The van der Waals surface area contributed by atoms with Gasteiger partial charge >= 0.3 is 5.97 Å². The van der Waals surface area contributed by atoms with Crippen molar-refractivity contribution in [1.29, 1.82) is 5.26 Å². The first kappa shape index (κ1) is 26.4. The van der Waals surface area contributed by atoms with Crippen LogP contribution in [0, 0.1) is 11.3 Å². The van der Waals surface area contributed by atoms with E-state index in [9.17, 15) is 10.1 Å². The van der Waals surface area contributed by atoms with Crippen LogP contribution in [0.3, 0.4) is 0 Å². The molecule has 0 unspecified atom stereocenters. The Morgan fingerprint density at radius 1 is 0.939 bits per heavy atom. The number of benzene rings is 1. The Morgan fingerprint density at radius 3 is 2.18 bits per heavy atom. The molecule has 0 aliphatic carbocycles. The molecule has 0 spiro atoms. The van der Waals surface area contributed by atoms with Gasteiger partial charge in [-0.2, -0.15) is 5.26 Å². The molecule has 2 rings (SSSR count). The van der Waals surface area contributed by atoms with Gasteiger partial charge in [0, 0.05) is 28.5 Å². The summed E-state index contributed by atoms with van der Waals surface area (Å²) in [5, 5.41) is 9.30. The van der Waals surface area contributed by atoms with Crippen LogP contribution in [-0.4, -0.2) is 25.7 Å². The van der Waals surface area contributed by atoms with Crippen molar-refractivity contribution in [1.82, 2.24) is 0 Å². The van der Waals surface area contributed by atoms with Crippen molar-refractivity contribution in [3.05, 3.63) is 57.3 Å². The third kappa shape index (κ3) is 9.27.